The summed E-state index contributed by atoms with van der Waals surface area (Å²) in [6.45, 7) is -0.432. The predicted octanol–water partition coefficient (Wildman–Crippen LogP) is -1.92. The second kappa shape index (κ2) is 6.67. The molecular formula is C11H19N3O8S. The summed E-state index contributed by atoms with van der Waals surface area (Å²) in [5.74, 6) is 0.130. The Bertz CT molecular complexity index is 582. The Morgan fingerprint density at radius 3 is 2.65 bits per heavy atom. The van der Waals surface area contributed by atoms with Crippen LogP contribution in [0.5, 0.6) is 0 Å². The van der Waals surface area contributed by atoms with Crippen LogP contribution in [-0.2, 0) is 23.5 Å². The van der Waals surface area contributed by atoms with Crippen LogP contribution in [0.15, 0.2) is 0 Å². The summed E-state index contributed by atoms with van der Waals surface area (Å²) in [5, 5.41) is 27.6. The van der Waals surface area contributed by atoms with E-state index >= 15 is 0 Å². The SMILES string of the molecule is COS(=O)(=O)OC[C@H]1O[C@@H](N2CCC(=N)N(C)C2=O)[C@H](O)[C@@H]1O. The van der Waals surface area contributed by atoms with Crippen molar-refractivity contribution in [2.45, 2.75) is 31.0 Å². The molecule has 11 nitrogen and oxygen atoms in total. The van der Waals surface area contributed by atoms with Gasteiger partial charge in [0.1, 0.15) is 24.1 Å². The maximum absolute atomic E-state index is 12.1. The van der Waals surface area contributed by atoms with Gasteiger partial charge < -0.3 is 14.9 Å². The number of amidine groups is 1. The predicted molar refractivity (Wildman–Crippen MR) is 74.8 cm³/mol. The fourth-order valence-electron chi connectivity index (χ4n) is 2.36. The van der Waals surface area contributed by atoms with Crippen molar-refractivity contribution < 1.29 is 36.5 Å². The van der Waals surface area contributed by atoms with E-state index in [0.29, 0.717) is 0 Å². The fourth-order valence-corrected chi connectivity index (χ4v) is 2.75. The lowest BCUT2D eigenvalue weighted by Gasteiger charge is -2.37. The van der Waals surface area contributed by atoms with Crippen LogP contribution < -0.4 is 0 Å². The summed E-state index contributed by atoms with van der Waals surface area (Å²) < 4.78 is 36.2. The van der Waals surface area contributed by atoms with Gasteiger partial charge in [0, 0.05) is 20.0 Å². The van der Waals surface area contributed by atoms with Gasteiger partial charge in [-0.25, -0.2) is 8.98 Å². The first-order valence-corrected chi connectivity index (χ1v) is 8.09. The molecule has 12 heteroatoms. The highest BCUT2D eigenvalue weighted by Crippen LogP contribution is 2.27. The molecule has 0 spiro atoms. The molecule has 0 saturated carbocycles. The zero-order valence-corrected chi connectivity index (χ0v) is 13.4. The lowest BCUT2D eigenvalue weighted by Crippen LogP contribution is -2.56. The number of ether oxygens (including phenoxy) is 1. The quantitative estimate of drug-likeness (QED) is 0.517. The number of aliphatic hydroxyl groups excluding tert-OH is 2. The summed E-state index contributed by atoms with van der Waals surface area (Å²) in [5.41, 5.74) is 0. The van der Waals surface area contributed by atoms with Crippen LogP contribution >= 0.6 is 0 Å². The number of amides is 2. The number of rotatable bonds is 5. The lowest BCUT2D eigenvalue weighted by molar-refractivity contribution is -0.0809. The van der Waals surface area contributed by atoms with E-state index in [1.807, 2.05) is 0 Å². The minimum absolute atomic E-state index is 0.130. The van der Waals surface area contributed by atoms with Gasteiger partial charge in [0.15, 0.2) is 6.23 Å². The highest BCUT2D eigenvalue weighted by Gasteiger charge is 2.48. The number of aliphatic hydroxyl groups is 2. The maximum Gasteiger partial charge on any atom is 0.399 e. The Morgan fingerprint density at radius 2 is 2.04 bits per heavy atom. The summed E-state index contributed by atoms with van der Waals surface area (Å²) in [6.07, 6.45) is -4.92. The molecule has 2 aliphatic heterocycles. The molecule has 4 atom stereocenters. The molecule has 0 aromatic carbocycles. The Morgan fingerprint density at radius 1 is 1.39 bits per heavy atom. The van der Waals surface area contributed by atoms with Crippen molar-refractivity contribution in [3.63, 3.8) is 0 Å². The molecule has 0 aromatic rings. The van der Waals surface area contributed by atoms with Crippen molar-refractivity contribution >= 4 is 22.3 Å². The average Bonchev–Trinajstić information content (AvgIpc) is 2.79. The first-order chi connectivity index (χ1) is 10.7. The largest absolute Gasteiger partial charge is 0.399 e. The van der Waals surface area contributed by atoms with Gasteiger partial charge in [-0.3, -0.25) is 19.4 Å². The van der Waals surface area contributed by atoms with Crippen LogP contribution in [0.4, 0.5) is 4.79 Å². The minimum Gasteiger partial charge on any atom is -0.387 e. The zero-order chi connectivity index (χ0) is 17.4. The third-order valence-electron chi connectivity index (χ3n) is 3.75. The van der Waals surface area contributed by atoms with Gasteiger partial charge in [0.2, 0.25) is 0 Å². The van der Waals surface area contributed by atoms with Crippen LogP contribution in [0.1, 0.15) is 6.42 Å². The molecule has 2 fully saturated rings. The molecule has 0 bridgehead atoms. The van der Waals surface area contributed by atoms with E-state index in [1.165, 1.54) is 11.9 Å². The van der Waals surface area contributed by atoms with E-state index in [-0.39, 0.29) is 18.8 Å². The van der Waals surface area contributed by atoms with E-state index in [9.17, 15) is 23.4 Å². The Balaban J connectivity index is 2.05. The number of urea groups is 1. The van der Waals surface area contributed by atoms with Crippen molar-refractivity contribution in [3.05, 3.63) is 0 Å². The molecule has 2 amide bonds. The van der Waals surface area contributed by atoms with Gasteiger partial charge in [-0.15, -0.1) is 0 Å². The van der Waals surface area contributed by atoms with Gasteiger partial charge >= 0.3 is 16.4 Å². The standard InChI is InChI=1S/C11H19N3O8S/c1-13-7(12)3-4-14(11(13)17)10-9(16)8(15)6(22-10)5-21-23(18,19)20-2/h6,8-10,12,15-16H,3-5H2,1-2H3/t6-,8-,9-,10-/m1/s1. The highest BCUT2D eigenvalue weighted by molar-refractivity contribution is 7.81. The molecule has 23 heavy (non-hydrogen) atoms. The monoisotopic (exact) mass is 353 g/mol. The average molecular weight is 353 g/mol. The van der Waals surface area contributed by atoms with Gasteiger partial charge in [-0.2, -0.15) is 8.42 Å². The van der Waals surface area contributed by atoms with Crippen LogP contribution in [0, 0.1) is 5.41 Å². The van der Waals surface area contributed by atoms with Crippen molar-refractivity contribution in [2.24, 2.45) is 0 Å². The number of nitrogens with one attached hydrogen (secondary N) is 1. The minimum atomic E-state index is -4.21. The molecule has 132 valence electrons. The maximum atomic E-state index is 12.1. The zero-order valence-electron chi connectivity index (χ0n) is 12.6. The summed E-state index contributed by atoms with van der Waals surface area (Å²) in [6, 6.07) is -0.552. The van der Waals surface area contributed by atoms with Crippen LogP contribution in [-0.4, -0.2) is 92.1 Å². The van der Waals surface area contributed by atoms with Crippen molar-refractivity contribution in [2.75, 3.05) is 27.3 Å². The highest BCUT2D eigenvalue weighted by atomic mass is 32.3. The number of carbonyl (C=O) groups is 1. The topological polar surface area (TPSA) is 150 Å². The number of hydrogen-bond donors (Lipinski definition) is 3. The van der Waals surface area contributed by atoms with Crippen molar-refractivity contribution in [3.8, 4) is 0 Å². The van der Waals surface area contributed by atoms with Crippen LogP contribution in [0.3, 0.4) is 0 Å². The molecule has 2 rings (SSSR count). The molecule has 2 aliphatic rings. The molecule has 2 heterocycles. The van der Waals surface area contributed by atoms with E-state index in [4.69, 9.17) is 10.1 Å². The Hall–Kier alpha value is -1.31. The summed E-state index contributed by atoms with van der Waals surface area (Å²) >= 11 is 0. The third kappa shape index (κ3) is 3.62. The normalized spacial score (nSPS) is 32.7. The summed E-state index contributed by atoms with van der Waals surface area (Å²) in [4.78, 5) is 14.4. The van der Waals surface area contributed by atoms with E-state index in [1.54, 1.807) is 0 Å². The van der Waals surface area contributed by atoms with Gasteiger partial charge in [0.05, 0.1) is 13.7 Å². The van der Waals surface area contributed by atoms with Crippen LogP contribution in [0.25, 0.3) is 0 Å². The Labute approximate surface area is 133 Å². The van der Waals surface area contributed by atoms with Gasteiger partial charge in [-0.05, 0) is 0 Å². The molecule has 2 saturated heterocycles. The van der Waals surface area contributed by atoms with E-state index in [0.717, 1.165) is 12.0 Å². The lowest BCUT2D eigenvalue weighted by atomic mass is 10.1. The van der Waals surface area contributed by atoms with Gasteiger partial charge in [-0.1, -0.05) is 0 Å². The van der Waals surface area contributed by atoms with E-state index < -0.39 is 47.6 Å². The molecule has 3 N–H and O–H groups in total. The number of carbonyl (C=O) groups excluding carboxylic acids is 1. The first kappa shape index (κ1) is 18.0. The van der Waals surface area contributed by atoms with Crippen molar-refractivity contribution in [1.82, 2.24) is 9.80 Å². The number of hydrogen-bond acceptors (Lipinski definition) is 9. The first-order valence-electron chi connectivity index (χ1n) is 6.76. The third-order valence-corrected chi connectivity index (χ3v) is 4.59. The fraction of sp³-hybridized carbons (Fsp3) is 0.818. The molecular weight excluding hydrogens is 334 g/mol. The number of nitrogens with zero attached hydrogens (tertiary/aromatic N) is 2. The second-order valence-corrected chi connectivity index (χ2v) is 6.52. The smallest absolute Gasteiger partial charge is 0.387 e. The van der Waals surface area contributed by atoms with E-state index in [2.05, 4.69) is 8.37 Å². The molecule has 0 aliphatic carbocycles. The summed E-state index contributed by atoms with van der Waals surface area (Å²) in [7, 11) is -1.88. The molecule has 0 radical (unpaired) electrons. The van der Waals surface area contributed by atoms with Crippen LogP contribution in [0.2, 0.25) is 0 Å². The Kier molecular flexibility index (Phi) is 5.23. The molecule has 0 aromatic heterocycles. The van der Waals surface area contributed by atoms with Gasteiger partial charge in [0.25, 0.3) is 0 Å². The van der Waals surface area contributed by atoms with Crippen molar-refractivity contribution in [1.29, 1.82) is 5.41 Å². The second-order valence-electron chi connectivity index (χ2n) is 5.14. The molecule has 0 unspecified atom stereocenters.